The van der Waals surface area contributed by atoms with Crippen molar-refractivity contribution in [3.63, 3.8) is 0 Å². The molecule has 0 spiro atoms. The summed E-state index contributed by atoms with van der Waals surface area (Å²) in [4.78, 5) is 4.64. The lowest BCUT2D eigenvalue weighted by Crippen LogP contribution is -2.15. The lowest BCUT2D eigenvalue weighted by Gasteiger charge is -2.10. The summed E-state index contributed by atoms with van der Waals surface area (Å²) in [6.45, 7) is 0.795. The SMILES string of the molecule is N/N=C(\N)c1cccc(OCc2cccc(OCc3ccc4ccccc4n3)c2)c1. The quantitative estimate of drug-likeness (QED) is 0.213. The van der Waals surface area contributed by atoms with Crippen LogP contribution in [0.4, 0.5) is 0 Å². The molecule has 4 aromatic rings. The Balaban J connectivity index is 1.39. The number of amidine groups is 1. The first-order chi connectivity index (χ1) is 14.7. The van der Waals surface area contributed by atoms with Gasteiger partial charge < -0.3 is 21.1 Å². The van der Waals surface area contributed by atoms with Gasteiger partial charge in [0.25, 0.3) is 0 Å². The van der Waals surface area contributed by atoms with E-state index < -0.39 is 0 Å². The third-order valence-corrected chi connectivity index (χ3v) is 4.62. The normalized spacial score (nSPS) is 11.4. The summed E-state index contributed by atoms with van der Waals surface area (Å²) in [6, 6.07) is 27.2. The van der Waals surface area contributed by atoms with Crippen LogP contribution in [0.25, 0.3) is 10.9 Å². The number of nitrogens with zero attached hydrogens (tertiary/aromatic N) is 2. The Morgan fingerprint density at radius 1 is 0.800 bits per heavy atom. The number of hydrogen-bond donors (Lipinski definition) is 2. The van der Waals surface area contributed by atoms with Gasteiger partial charge in [0, 0.05) is 10.9 Å². The molecule has 0 saturated carbocycles. The van der Waals surface area contributed by atoms with E-state index in [4.69, 9.17) is 21.1 Å². The molecule has 0 radical (unpaired) electrons. The van der Waals surface area contributed by atoms with Crippen molar-refractivity contribution in [1.82, 2.24) is 4.98 Å². The lowest BCUT2D eigenvalue weighted by molar-refractivity contribution is 0.293. The zero-order chi connectivity index (χ0) is 20.8. The Morgan fingerprint density at radius 2 is 1.57 bits per heavy atom. The molecule has 0 aliphatic heterocycles. The van der Waals surface area contributed by atoms with Gasteiger partial charge in [0.2, 0.25) is 0 Å². The molecular formula is C24H22N4O2. The fraction of sp³-hybridized carbons (Fsp3) is 0.0833. The molecule has 0 aliphatic carbocycles. The number of ether oxygens (including phenoxy) is 2. The van der Waals surface area contributed by atoms with E-state index in [0.717, 1.165) is 33.5 Å². The fourth-order valence-corrected chi connectivity index (χ4v) is 3.06. The maximum Gasteiger partial charge on any atom is 0.150 e. The van der Waals surface area contributed by atoms with Crippen LogP contribution in [0.5, 0.6) is 11.5 Å². The van der Waals surface area contributed by atoms with Crippen LogP contribution in [0.1, 0.15) is 16.8 Å². The molecular weight excluding hydrogens is 376 g/mol. The van der Waals surface area contributed by atoms with Crippen molar-refractivity contribution in [1.29, 1.82) is 0 Å². The first kappa shape index (κ1) is 19.3. The van der Waals surface area contributed by atoms with Crippen LogP contribution in [0.3, 0.4) is 0 Å². The van der Waals surface area contributed by atoms with Crippen LogP contribution in [0.2, 0.25) is 0 Å². The molecule has 6 nitrogen and oxygen atoms in total. The largest absolute Gasteiger partial charge is 0.489 e. The number of pyridine rings is 1. The maximum atomic E-state index is 5.93. The summed E-state index contributed by atoms with van der Waals surface area (Å²) in [6.07, 6.45) is 0. The van der Waals surface area contributed by atoms with Crippen molar-refractivity contribution in [2.24, 2.45) is 16.7 Å². The van der Waals surface area contributed by atoms with Crippen molar-refractivity contribution in [2.45, 2.75) is 13.2 Å². The monoisotopic (exact) mass is 398 g/mol. The number of fused-ring (bicyclic) bond motifs is 1. The maximum absolute atomic E-state index is 5.93. The highest BCUT2D eigenvalue weighted by molar-refractivity contribution is 5.97. The van der Waals surface area contributed by atoms with Crippen molar-refractivity contribution in [3.05, 3.63) is 102 Å². The van der Waals surface area contributed by atoms with Crippen LogP contribution >= 0.6 is 0 Å². The standard InChI is InChI=1S/C24H22N4O2/c25-24(28-26)19-7-4-9-22(14-19)29-15-17-5-3-8-21(13-17)30-16-20-12-11-18-6-1-2-10-23(18)27-20/h1-14H,15-16,26H2,(H2,25,28). The molecule has 3 aromatic carbocycles. The molecule has 0 aliphatic rings. The topological polar surface area (TPSA) is 95.8 Å². The molecule has 0 bridgehead atoms. The van der Waals surface area contributed by atoms with Crippen molar-refractivity contribution >= 4 is 16.7 Å². The minimum Gasteiger partial charge on any atom is -0.489 e. The number of nitrogens with two attached hydrogens (primary N) is 2. The van der Waals surface area contributed by atoms with Crippen LogP contribution in [0, 0.1) is 0 Å². The number of hydrogen-bond acceptors (Lipinski definition) is 5. The third-order valence-electron chi connectivity index (χ3n) is 4.62. The fourth-order valence-electron chi connectivity index (χ4n) is 3.06. The van der Waals surface area contributed by atoms with E-state index in [1.165, 1.54) is 0 Å². The van der Waals surface area contributed by atoms with Crippen LogP contribution in [-0.2, 0) is 13.2 Å². The molecule has 6 heteroatoms. The smallest absolute Gasteiger partial charge is 0.150 e. The highest BCUT2D eigenvalue weighted by atomic mass is 16.5. The highest BCUT2D eigenvalue weighted by Gasteiger charge is 2.04. The van der Waals surface area contributed by atoms with Gasteiger partial charge in [-0.2, -0.15) is 5.10 Å². The van der Waals surface area contributed by atoms with E-state index in [1.807, 2.05) is 72.8 Å². The van der Waals surface area contributed by atoms with E-state index in [2.05, 4.69) is 16.2 Å². The summed E-state index contributed by atoms with van der Waals surface area (Å²) in [5.74, 6) is 6.95. The minimum absolute atomic E-state index is 0.262. The van der Waals surface area contributed by atoms with Crippen molar-refractivity contribution < 1.29 is 9.47 Å². The molecule has 30 heavy (non-hydrogen) atoms. The summed E-state index contributed by atoms with van der Waals surface area (Å²) in [5, 5.41) is 4.62. The van der Waals surface area contributed by atoms with Crippen molar-refractivity contribution in [2.75, 3.05) is 0 Å². The highest BCUT2D eigenvalue weighted by Crippen LogP contribution is 2.19. The Hall–Kier alpha value is -4.06. The summed E-state index contributed by atoms with van der Waals surface area (Å²) < 4.78 is 11.8. The molecule has 0 unspecified atom stereocenters. The zero-order valence-electron chi connectivity index (χ0n) is 16.4. The summed E-state index contributed by atoms with van der Waals surface area (Å²) in [5.41, 5.74) is 9.30. The second-order valence-corrected chi connectivity index (χ2v) is 6.76. The molecule has 0 fully saturated rings. The van der Waals surface area contributed by atoms with Gasteiger partial charge in [-0.05, 0) is 42.0 Å². The van der Waals surface area contributed by atoms with E-state index in [1.54, 1.807) is 6.07 Å². The molecule has 150 valence electrons. The van der Waals surface area contributed by atoms with Gasteiger partial charge in [-0.3, -0.25) is 0 Å². The van der Waals surface area contributed by atoms with Gasteiger partial charge in [-0.15, -0.1) is 0 Å². The second kappa shape index (κ2) is 8.96. The van der Waals surface area contributed by atoms with Crippen LogP contribution < -0.4 is 21.1 Å². The van der Waals surface area contributed by atoms with Crippen LogP contribution in [-0.4, -0.2) is 10.8 Å². The lowest BCUT2D eigenvalue weighted by atomic mass is 10.2. The first-order valence-electron chi connectivity index (χ1n) is 9.54. The predicted molar refractivity (Wildman–Crippen MR) is 118 cm³/mol. The Labute approximate surface area is 174 Å². The zero-order valence-corrected chi connectivity index (χ0v) is 16.4. The van der Waals surface area contributed by atoms with Gasteiger partial charge in [0.1, 0.15) is 30.5 Å². The number of rotatable bonds is 7. The molecule has 1 aromatic heterocycles. The van der Waals surface area contributed by atoms with E-state index in [9.17, 15) is 0 Å². The average Bonchev–Trinajstić information content (AvgIpc) is 2.81. The Morgan fingerprint density at radius 3 is 2.43 bits per heavy atom. The Bertz CT molecular complexity index is 1190. The number of aromatic nitrogens is 1. The molecule has 0 saturated heterocycles. The van der Waals surface area contributed by atoms with Crippen molar-refractivity contribution in [3.8, 4) is 11.5 Å². The minimum atomic E-state index is 0.262. The van der Waals surface area contributed by atoms with Gasteiger partial charge in [0.15, 0.2) is 0 Å². The van der Waals surface area contributed by atoms with Gasteiger partial charge in [-0.1, -0.05) is 48.5 Å². The average molecular weight is 398 g/mol. The Kier molecular flexibility index (Phi) is 5.75. The summed E-state index contributed by atoms with van der Waals surface area (Å²) >= 11 is 0. The molecule has 0 atom stereocenters. The van der Waals surface area contributed by atoms with E-state index in [0.29, 0.717) is 19.0 Å². The van der Waals surface area contributed by atoms with Gasteiger partial charge in [-0.25, -0.2) is 4.98 Å². The third kappa shape index (κ3) is 4.67. The molecule has 4 rings (SSSR count). The first-order valence-corrected chi connectivity index (χ1v) is 9.54. The molecule has 4 N–H and O–H groups in total. The summed E-state index contributed by atoms with van der Waals surface area (Å²) in [7, 11) is 0. The number of hydrazone groups is 1. The molecule has 0 amide bonds. The second-order valence-electron chi connectivity index (χ2n) is 6.76. The number of para-hydroxylation sites is 1. The van der Waals surface area contributed by atoms with Crippen LogP contribution in [0.15, 0.2) is 90.0 Å². The predicted octanol–water partition coefficient (Wildman–Crippen LogP) is 3.97. The number of benzene rings is 3. The molecule has 1 heterocycles. The van der Waals surface area contributed by atoms with Gasteiger partial charge in [0.05, 0.1) is 11.2 Å². The van der Waals surface area contributed by atoms with Gasteiger partial charge >= 0.3 is 0 Å². The van der Waals surface area contributed by atoms with E-state index >= 15 is 0 Å². The van der Waals surface area contributed by atoms with E-state index in [-0.39, 0.29) is 5.84 Å².